The highest BCUT2D eigenvalue weighted by Crippen LogP contribution is 2.09. The monoisotopic (exact) mass is 246 g/mol. The molecule has 1 amide bonds. The highest BCUT2D eigenvalue weighted by molar-refractivity contribution is 5.89. The lowest BCUT2D eigenvalue weighted by Crippen LogP contribution is -2.55. The lowest BCUT2D eigenvalue weighted by Gasteiger charge is -2.25. The normalized spacial score (nSPS) is 16.0. The van der Waals surface area contributed by atoms with E-state index in [9.17, 15) is 9.59 Å². The van der Waals surface area contributed by atoms with Crippen LogP contribution in [0.1, 0.15) is 33.1 Å². The topological polar surface area (TPSA) is 102 Å². The summed E-state index contributed by atoms with van der Waals surface area (Å²) in [6.07, 6.45) is 1.49. The van der Waals surface area contributed by atoms with Gasteiger partial charge in [-0.15, -0.1) is 0 Å². The molecule has 0 aliphatic heterocycles. The molecule has 0 aliphatic carbocycles. The van der Waals surface area contributed by atoms with E-state index in [-0.39, 0.29) is 13.0 Å². The van der Waals surface area contributed by atoms with Crippen molar-refractivity contribution in [3.05, 3.63) is 0 Å². The molecule has 0 aliphatic rings. The number of amides is 1. The summed E-state index contributed by atoms with van der Waals surface area (Å²) in [6.45, 7) is 3.78. The standard InChI is InChI=1S/C11H22N2O4/c1-4-6-11(2,12)10(16)13-8(9(14)15)5-7-17-3/h8H,4-7,12H2,1-3H3,(H,13,16)(H,14,15). The minimum Gasteiger partial charge on any atom is -0.480 e. The van der Waals surface area contributed by atoms with E-state index in [2.05, 4.69) is 5.32 Å². The molecule has 0 bridgehead atoms. The fraction of sp³-hybridized carbons (Fsp3) is 0.818. The molecule has 100 valence electrons. The zero-order valence-electron chi connectivity index (χ0n) is 10.7. The number of nitrogens with one attached hydrogen (secondary N) is 1. The van der Waals surface area contributed by atoms with Crippen molar-refractivity contribution >= 4 is 11.9 Å². The van der Waals surface area contributed by atoms with E-state index in [1.54, 1.807) is 6.92 Å². The highest BCUT2D eigenvalue weighted by atomic mass is 16.5. The van der Waals surface area contributed by atoms with Crippen LogP contribution in [0.25, 0.3) is 0 Å². The Labute approximate surface area is 102 Å². The Balaban J connectivity index is 4.44. The third-order valence-corrected chi connectivity index (χ3v) is 2.50. The zero-order valence-corrected chi connectivity index (χ0v) is 10.7. The molecular weight excluding hydrogens is 224 g/mol. The number of ether oxygens (including phenoxy) is 1. The number of carbonyl (C=O) groups is 2. The van der Waals surface area contributed by atoms with Crippen LogP contribution < -0.4 is 11.1 Å². The molecule has 0 radical (unpaired) electrons. The highest BCUT2D eigenvalue weighted by Gasteiger charge is 2.30. The van der Waals surface area contributed by atoms with E-state index in [1.165, 1.54) is 7.11 Å². The van der Waals surface area contributed by atoms with Crippen molar-refractivity contribution in [2.24, 2.45) is 5.73 Å². The van der Waals surface area contributed by atoms with E-state index in [1.807, 2.05) is 6.92 Å². The molecule has 4 N–H and O–H groups in total. The lowest BCUT2D eigenvalue weighted by molar-refractivity contribution is -0.143. The molecule has 17 heavy (non-hydrogen) atoms. The molecule has 6 nitrogen and oxygen atoms in total. The van der Waals surface area contributed by atoms with Gasteiger partial charge in [0.1, 0.15) is 6.04 Å². The lowest BCUT2D eigenvalue weighted by atomic mass is 9.96. The Kier molecular flexibility index (Phi) is 6.75. The van der Waals surface area contributed by atoms with Crippen molar-refractivity contribution in [1.29, 1.82) is 0 Å². The molecule has 0 saturated heterocycles. The van der Waals surface area contributed by atoms with Crippen LogP contribution >= 0.6 is 0 Å². The van der Waals surface area contributed by atoms with Crippen LogP contribution in [-0.4, -0.2) is 42.3 Å². The summed E-state index contributed by atoms with van der Waals surface area (Å²) < 4.78 is 4.79. The van der Waals surface area contributed by atoms with Gasteiger partial charge in [-0.2, -0.15) is 0 Å². The molecule has 0 aromatic carbocycles. The first-order valence-corrected chi connectivity index (χ1v) is 5.66. The Hall–Kier alpha value is -1.14. The summed E-state index contributed by atoms with van der Waals surface area (Å²) in [7, 11) is 1.48. The van der Waals surface area contributed by atoms with E-state index in [0.29, 0.717) is 6.42 Å². The van der Waals surface area contributed by atoms with Gasteiger partial charge >= 0.3 is 5.97 Å². The van der Waals surface area contributed by atoms with Gasteiger partial charge in [0.25, 0.3) is 0 Å². The number of carboxylic acid groups (broad SMARTS) is 1. The van der Waals surface area contributed by atoms with Crippen molar-refractivity contribution < 1.29 is 19.4 Å². The average molecular weight is 246 g/mol. The zero-order chi connectivity index (χ0) is 13.5. The van der Waals surface area contributed by atoms with Gasteiger partial charge in [0.2, 0.25) is 5.91 Å². The Morgan fingerprint density at radius 1 is 1.53 bits per heavy atom. The number of carbonyl (C=O) groups excluding carboxylic acids is 1. The molecule has 0 spiro atoms. The number of hydrogen-bond acceptors (Lipinski definition) is 4. The van der Waals surface area contributed by atoms with Crippen LogP contribution in [-0.2, 0) is 14.3 Å². The number of aliphatic carboxylic acids is 1. The van der Waals surface area contributed by atoms with Gasteiger partial charge in [-0.25, -0.2) is 4.79 Å². The molecular formula is C11H22N2O4. The second kappa shape index (κ2) is 7.24. The SMILES string of the molecule is CCCC(C)(N)C(=O)NC(CCOC)C(=O)O. The maximum absolute atomic E-state index is 11.8. The van der Waals surface area contributed by atoms with Crippen LogP contribution in [0.3, 0.4) is 0 Å². The first-order chi connectivity index (χ1) is 7.85. The maximum Gasteiger partial charge on any atom is 0.326 e. The van der Waals surface area contributed by atoms with Gasteiger partial charge in [-0.1, -0.05) is 13.3 Å². The first kappa shape index (κ1) is 15.9. The molecule has 2 unspecified atom stereocenters. The molecule has 0 rings (SSSR count). The van der Waals surface area contributed by atoms with Crippen molar-refractivity contribution in [2.75, 3.05) is 13.7 Å². The van der Waals surface area contributed by atoms with E-state index in [4.69, 9.17) is 15.6 Å². The third kappa shape index (κ3) is 5.65. The van der Waals surface area contributed by atoms with Crippen molar-refractivity contribution in [2.45, 2.75) is 44.7 Å². The number of carboxylic acids is 1. The second-order valence-corrected chi connectivity index (χ2v) is 4.31. The summed E-state index contributed by atoms with van der Waals surface area (Å²) in [5.41, 5.74) is 4.78. The number of methoxy groups -OCH3 is 1. The molecule has 0 aromatic heterocycles. The van der Waals surface area contributed by atoms with Gasteiger partial charge in [0.05, 0.1) is 5.54 Å². The molecule has 0 saturated carbocycles. The smallest absolute Gasteiger partial charge is 0.326 e. The van der Waals surface area contributed by atoms with Crippen molar-refractivity contribution in [3.8, 4) is 0 Å². The fourth-order valence-electron chi connectivity index (χ4n) is 1.45. The molecule has 0 heterocycles. The fourth-order valence-corrected chi connectivity index (χ4v) is 1.45. The average Bonchev–Trinajstić information content (AvgIpc) is 2.23. The van der Waals surface area contributed by atoms with Crippen LogP contribution in [0.15, 0.2) is 0 Å². The predicted octanol–water partition coefficient (Wildman–Crippen LogP) is 0.110. The second-order valence-electron chi connectivity index (χ2n) is 4.31. The predicted molar refractivity (Wildman–Crippen MR) is 63.6 cm³/mol. The molecule has 0 aromatic rings. The van der Waals surface area contributed by atoms with Gasteiger partial charge in [0, 0.05) is 20.1 Å². The van der Waals surface area contributed by atoms with Gasteiger partial charge in [-0.3, -0.25) is 4.79 Å². The largest absolute Gasteiger partial charge is 0.480 e. The Morgan fingerprint density at radius 2 is 2.12 bits per heavy atom. The quantitative estimate of drug-likeness (QED) is 0.564. The molecule has 0 fully saturated rings. The number of rotatable bonds is 8. The van der Waals surface area contributed by atoms with Gasteiger partial charge in [-0.05, 0) is 13.3 Å². The minimum atomic E-state index is -1.08. The third-order valence-electron chi connectivity index (χ3n) is 2.50. The summed E-state index contributed by atoms with van der Waals surface area (Å²) in [5.74, 6) is -1.52. The van der Waals surface area contributed by atoms with Gasteiger partial charge < -0.3 is 20.9 Å². The van der Waals surface area contributed by atoms with Gasteiger partial charge in [0.15, 0.2) is 0 Å². The molecule has 6 heteroatoms. The van der Waals surface area contributed by atoms with Crippen LogP contribution in [0.4, 0.5) is 0 Å². The minimum absolute atomic E-state index is 0.222. The van der Waals surface area contributed by atoms with Crippen molar-refractivity contribution in [3.63, 3.8) is 0 Å². The van der Waals surface area contributed by atoms with E-state index >= 15 is 0 Å². The maximum atomic E-state index is 11.8. The Morgan fingerprint density at radius 3 is 2.53 bits per heavy atom. The summed E-state index contributed by atoms with van der Waals surface area (Å²) >= 11 is 0. The van der Waals surface area contributed by atoms with Crippen LogP contribution in [0.2, 0.25) is 0 Å². The summed E-state index contributed by atoms with van der Waals surface area (Å²) in [5, 5.41) is 11.4. The number of hydrogen-bond donors (Lipinski definition) is 3. The Bertz CT molecular complexity index is 266. The molecule has 2 atom stereocenters. The first-order valence-electron chi connectivity index (χ1n) is 5.66. The van der Waals surface area contributed by atoms with E-state index in [0.717, 1.165) is 6.42 Å². The summed E-state index contributed by atoms with van der Waals surface area (Å²) in [4.78, 5) is 22.7. The summed E-state index contributed by atoms with van der Waals surface area (Å²) in [6, 6.07) is -0.956. The van der Waals surface area contributed by atoms with Crippen LogP contribution in [0.5, 0.6) is 0 Å². The number of nitrogens with two attached hydrogens (primary N) is 1. The van der Waals surface area contributed by atoms with Crippen molar-refractivity contribution in [1.82, 2.24) is 5.32 Å². The van der Waals surface area contributed by atoms with Crippen LogP contribution in [0, 0.1) is 0 Å². The van der Waals surface area contributed by atoms with E-state index < -0.39 is 23.5 Å².